The number of nitrogens with one attached hydrogen (secondary N) is 1. The zero-order valence-corrected chi connectivity index (χ0v) is 14.2. The van der Waals surface area contributed by atoms with Crippen molar-refractivity contribution in [1.29, 1.82) is 0 Å². The topological polar surface area (TPSA) is 86.7 Å². The molecule has 2 N–H and O–H groups in total. The third-order valence-electron chi connectivity index (χ3n) is 4.92. The van der Waals surface area contributed by atoms with Crippen molar-refractivity contribution >= 4 is 23.5 Å². The highest BCUT2D eigenvalue weighted by Crippen LogP contribution is 2.30. The molecule has 2 aliphatic rings. The predicted molar refractivity (Wildman–Crippen MR) is 93.3 cm³/mol. The minimum absolute atomic E-state index is 0.0277. The summed E-state index contributed by atoms with van der Waals surface area (Å²) in [5, 5.41) is 11.7. The van der Waals surface area contributed by atoms with Gasteiger partial charge in [0, 0.05) is 36.7 Å². The van der Waals surface area contributed by atoms with E-state index in [0.29, 0.717) is 30.8 Å². The van der Waals surface area contributed by atoms with E-state index in [1.807, 2.05) is 4.90 Å². The largest absolute Gasteiger partial charge is 0.481 e. The van der Waals surface area contributed by atoms with Crippen LogP contribution >= 0.6 is 0 Å². The first-order valence-corrected chi connectivity index (χ1v) is 8.95. The molecular formula is C19H24N2O4. The molecule has 1 atom stereocenters. The van der Waals surface area contributed by atoms with E-state index >= 15 is 0 Å². The number of piperidine rings is 1. The summed E-state index contributed by atoms with van der Waals surface area (Å²) in [5.74, 6) is -0.355. The van der Waals surface area contributed by atoms with Crippen molar-refractivity contribution in [3.05, 3.63) is 29.8 Å². The third-order valence-corrected chi connectivity index (χ3v) is 4.92. The van der Waals surface area contributed by atoms with Gasteiger partial charge in [-0.25, -0.2) is 0 Å². The van der Waals surface area contributed by atoms with E-state index in [9.17, 15) is 14.4 Å². The van der Waals surface area contributed by atoms with Crippen molar-refractivity contribution in [3.63, 3.8) is 0 Å². The van der Waals surface area contributed by atoms with Gasteiger partial charge in [-0.15, -0.1) is 0 Å². The minimum Gasteiger partial charge on any atom is -0.481 e. The number of rotatable bonds is 6. The molecule has 1 saturated heterocycles. The lowest BCUT2D eigenvalue weighted by atomic mass is 9.93. The van der Waals surface area contributed by atoms with E-state index in [2.05, 4.69) is 5.32 Å². The molecule has 25 heavy (non-hydrogen) atoms. The summed E-state index contributed by atoms with van der Waals surface area (Å²) in [5.41, 5.74) is 1.31. The fourth-order valence-electron chi connectivity index (χ4n) is 3.28. The van der Waals surface area contributed by atoms with Gasteiger partial charge in [0.1, 0.15) is 0 Å². The summed E-state index contributed by atoms with van der Waals surface area (Å²) in [6.07, 6.45) is 4.57. The fourth-order valence-corrected chi connectivity index (χ4v) is 3.28. The first-order chi connectivity index (χ1) is 12.0. The molecule has 1 saturated carbocycles. The molecule has 6 nitrogen and oxygen atoms in total. The van der Waals surface area contributed by atoms with Gasteiger partial charge < -0.3 is 15.3 Å². The van der Waals surface area contributed by atoms with Gasteiger partial charge in [0.25, 0.3) is 5.91 Å². The quantitative estimate of drug-likeness (QED) is 0.831. The highest BCUT2D eigenvalue weighted by molar-refractivity contribution is 5.96. The number of carboxylic acids is 1. The first kappa shape index (κ1) is 17.5. The van der Waals surface area contributed by atoms with Crippen molar-refractivity contribution in [3.8, 4) is 0 Å². The second-order valence-electron chi connectivity index (χ2n) is 7.03. The second-order valence-corrected chi connectivity index (χ2v) is 7.03. The van der Waals surface area contributed by atoms with Gasteiger partial charge in [-0.3, -0.25) is 14.4 Å². The minimum atomic E-state index is -0.785. The summed E-state index contributed by atoms with van der Waals surface area (Å²) in [4.78, 5) is 37.0. The molecule has 2 amide bonds. The molecule has 0 bridgehead atoms. The number of nitrogens with zero attached hydrogens (tertiary/aromatic N) is 1. The normalized spacial score (nSPS) is 20.2. The smallest absolute Gasteiger partial charge is 0.303 e. The second kappa shape index (κ2) is 7.68. The summed E-state index contributed by atoms with van der Waals surface area (Å²) in [7, 11) is 0. The first-order valence-electron chi connectivity index (χ1n) is 8.95. The Kier molecular flexibility index (Phi) is 5.36. The van der Waals surface area contributed by atoms with Gasteiger partial charge in [-0.05, 0) is 62.3 Å². The number of hydrogen-bond donors (Lipinski definition) is 2. The lowest BCUT2D eigenvalue weighted by Crippen LogP contribution is -2.40. The zero-order chi connectivity index (χ0) is 17.8. The molecule has 1 aromatic rings. The van der Waals surface area contributed by atoms with Gasteiger partial charge >= 0.3 is 5.97 Å². The van der Waals surface area contributed by atoms with Gasteiger partial charge in [-0.1, -0.05) is 0 Å². The Hall–Kier alpha value is -2.37. The van der Waals surface area contributed by atoms with Gasteiger partial charge in [-0.2, -0.15) is 0 Å². The van der Waals surface area contributed by atoms with Crippen LogP contribution < -0.4 is 5.32 Å². The molecular weight excluding hydrogens is 320 g/mol. The Morgan fingerprint density at radius 1 is 1.12 bits per heavy atom. The maximum Gasteiger partial charge on any atom is 0.303 e. The SMILES string of the molecule is O=C(O)CCC1CCCN(C(=O)c2ccc(NC(=O)C3CC3)cc2)C1. The van der Waals surface area contributed by atoms with Crippen LogP contribution in [0, 0.1) is 11.8 Å². The van der Waals surface area contributed by atoms with E-state index in [4.69, 9.17) is 5.11 Å². The lowest BCUT2D eigenvalue weighted by Gasteiger charge is -2.32. The summed E-state index contributed by atoms with van der Waals surface area (Å²) >= 11 is 0. The van der Waals surface area contributed by atoms with E-state index in [-0.39, 0.29) is 30.1 Å². The molecule has 2 fully saturated rings. The van der Waals surface area contributed by atoms with Crippen LogP contribution in [0.5, 0.6) is 0 Å². The van der Waals surface area contributed by atoms with E-state index in [1.54, 1.807) is 24.3 Å². The van der Waals surface area contributed by atoms with Crippen LogP contribution in [0.15, 0.2) is 24.3 Å². The van der Waals surface area contributed by atoms with Crippen LogP contribution in [0.1, 0.15) is 48.9 Å². The van der Waals surface area contributed by atoms with Crippen LogP contribution in [0.2, 0.25) is 0 Å². The number of carbonyl (C=O) groups is 3. The maximum atomic E-state index is 12.7. The van der Waals surface area contributed by atoms with Crippen molar-refractivity contribution in [1.82, 2.24) is 4.90 Å². The predicted octanol–water partition coefficient (Wildman–Crippen LogP) is 2.75. The zero-order valence-electron chi connectivity index (χ0n) is 14.2. The molecule has 1 aromatic carbocycles. The molecule has 1 aliphatic heterocycles. The molecule has 0 radical (unpaired) electrons. The molecule has 3 rings (SSSR count). The number of benzene rings is 1. The van der Waals surface area contributed by atoms with Crippen molar-refractivity contribution in [2.24, 2.45) is 11.8 Å². The molecule has 1 aliphatic carbocycles. The monoisotopic (exact) mass is 344 g/mol. The van der Waals surface area contributed by atoms with E-state index < -0.39 is 5.97 Å². The van der Waals surface area contributed by atoms with E-state index in [0.717, 1.165) is 25.7 Å². The number of anilines is 1. The number of carbonyl (C=O) groups excluding carboxylic acids is 2. The molecule has 1 unspecified atom stereocenters. The molecule has 6 heteroatoms. The van der Waals surface area contributed by atoms with Gasteiger partial charge in [0.15, 0.2) is 0 Å². The summed E-state index contributed by atoms with van der Waals surface area (Å²) in [6, 6.07) is 7.01. The van der Waals surface area contributed by atoms with Crippen LogP contribution in [0.3, 0.4) is 0 Å². The van der Waals surface area contributed by atoms with Crippen molar-refractivity contribution in [2.45, 2.75) is 38.5 Å². The molecule has 0 aromatic heterocycles. The summed E-state index contributed by atoms with van der Waals surface area (Å²) in [6.45, 7) is 1.33. The van der Waals surface area contributed by atoms with Crippen LogP contribution in [0.4, 0.5) is 5.69 Å². The van der Waals surface area contributed by atoms with Crippen LogP contribution in [-0.4, -0.2) is 40.9 Å². The highest BCUT2D eigenvalue weighted by atomic mass is 16.4. The molecule has 134 valence electrons. The average molecular weight is 344 g/mol. The number of aliphatic carboxylic acids is 1. The average Bonchev–Trinajstić information content (AvgIpc) is 3.45. The van der Waals surface area contributed by atoms with Crippen molar-refractivity contribution < 1.29 is 19.5 Å². The van der Waals surface area contributed by atoms with Crippen LogP contribution in [-0.2, 0) is 9.59 Å². The van der Waals surface area contributed by atoms with Crippen LogP contribution in [0.25, 0.3) is 0 Å². The fraction of sp³-hybridized carbons (Fsp3) is 0.526. The highest BCUT2D eigenvalue weighted by Gasteiger charge is 2.29. The Morgan fingerprint density at radius 3 is 2.48 bits per heavy atom. The summed E-state index contributed by atoms with van der Waals surface area (Å²) < 4.78 is 0. The number of amides is 2. The Morgan fingerprint density at radius 2 is 1.84 bits per heavy atom. The number of carboxylic acid groups (broad SMARTS) is 1. The lowest BCUT2D eigenvalue weighted by molar-refractivity contribution is -0.137. The Labute approximate surface area is 147 Å². The number of hydrogen-bond acceptors (Lipinski definition) is 3. The molecule has 0 spiro atoms. The number of likely N-dealkylation sites (tertiary alicyclic amines) is 1. The molecule has 1 heterocycles. The van der Waals surface area contributed by atoms with Gasteiger partial charge in [0.2, 0.25) is 5.91 Å². The van der Waals surface area contributed by atoms with E-state index in [1.165, 1.54) is 0 Å². The van der Waals surface area contributed by atoms with Gasteiger partial charge in [0.05, 0.1) is 0 Å². The standard InChI is InChI=1S/C19H24N2O4/c22-17(23)10-3-13-2-1-11-21(12-13)19(25)15-6-8-16(9-7-15)20-18(24)14-4-5-14/h6-9,13-14H,1-5,10-12H2,(H,20,24)(H,22,23). The Balaban J connectivity index is 1.56. The van der Waals surface area contributed by atoms with Crippen molar-refractivity contribution in [2.75, 3.05) is 18.4 Å². The Bertz CT molecular complexity index is 652. The third kappa shape index (κ3) is 4.81. The maximum absolute atomic E-state index is 12.7.